The molecule has 2 N–H and O–H groups in total. The molecule has 1 unspecified atom stereocenters. The Hall–Kier alpha value is -0.930. The van der Waals surface area contributed by atoms with E-state index in [1.165, 1.54) is 0 Å². The van der Waals surface area contributed by atoms with Crippen molar-refractivity contribution in [2.24, 2.45) is 5.92 Å². The Balaban J connectivity index is 2.08. The lowest BCUT2D eigenvalue weighted by molar-refractivity contribution is -0.118. The van der Waals surface area contributed by atoms with E-state index in [0.717, 1.165) is 13.1 Å². The van der Waals surface area contributed by atoms with E-state index in [0.29, 0.717) is 24.6 Å². The van der Waals surface area contributed by atoms with Gasteiger partial charge in [-0.25, -0.2) is 0 Å². The first kappa shape index (κ1) is 12.1. The van der Waals surface area contributed by atoms with Crippen molar-refractivity contribution in [2.45, 2.75) is 6.42 Å². The first-order valence-corrected chi connectivity index (χ1v) is 6.40. The second-order valence-corrected chi connectivity index (χ2v) is 5.03. The zero-order valence-corrected chi connectivity index (χ0v) is 9.31. The smallest absolute Gasteiger partial charge is 0.232 e. The lowest BCUT2D eigenvalue weighted by Crippen LogP contribution is -2.45. The average molecular weight is 229 g/mol. The van der Waals surface area contributed by atoms with E-state index in [1.807, 2.05) is 6.07 Å². The Kier molecular flexibility index (Phi) is 5.29. The van der Waals surface area contributed by atoms with Gasteiger partial charge in [-0.05, 0) is 5.92 Å². The molecule has 0 saturated carbocycles. The quantitative estimate of drug-likeness (QED) is 0.571. The summed E-state index contributed by atoms with van der Waals surface area (Å²) < 4.78 is 11.4. The number of rotatable bonds is 6. The fourth-order valence-corrected chi connectivity index (χ4v) is 2.52. The van der Waals surface area contributed by atoms with Gasteiger partial charge in [-0.1, -0.05) is 0 Å². The first-order chi connectivity index (χ1) is 7.22. The van der Waals surface area contributed by atoms with E-state index in [2.05, 4.69) is 10.6 Å². The van der Waals surface area contributed by atoms with Gasteiger partial charge in [0.1, 0.15) is 5.75 Å². The molecular formula is C9H15N3O2S. The third-order valence-corrected chi connectivity index (χ3v) is 3.57. The van der Waals surface area contributed by atoms with E-state index in [9.17, 15) is 9.00 Å². The molecule has 1 amide bonds. The maximum absolute atomic E-state index is 11.4. The van der Waals surface area contributed by atoms with Crippen LogP contribution in [0, 0.1) is 17.2 Å². The fourth-order valence-electron chi connectivity index (χ4n) is 1.24. The largest absolute Gasteiger partial charge is 0.354 e. The highest BCUT2D eigenvalue weighted by Crippen LogP contribution is 2.04. The fraction of sp³-hybridized carbons (Fsp3) is 0.778. The molecule has 0 radical (unpaired) electrons. The third kappa shape index (κ3) is 4.91. The molecule has 0 aliphatic carbocycles. The number of carbonyl (C=O) groups is 1. The summed E-state index contributed by atoms with van der Waals surface area (Å²) in [7, 11) is -1.07. The van der Waals surface area contributed by atoms with Crippen molar-refractivity contribution in [3.8, 4) is 6.07 Å². The minimum absolute atomic E-state index is 0.0575. The molecule has 1 saturated heterocycles. The molecule has 0 aromatic heterocycles. The van der Waals surface area contributed by atoms with Crippen LogP contribution in [0.1, 0.15) is 6.42 Å². The van der Waals surface area contributed by atoms with Crippen LogP contribution in [0.25, 0.3) is 0 Å². The zero-order valence-electron chi connectivity index (χ0n) is 8.49. The van der Waals surface area contributed by atoms with Gasteiger partial charge < -0.3 is 10.6 Å². The van der Waals surface area contributed by atoms with Crippen LogP contribution in [-0.4, -0.2) is 41.3 Å². The summed E-state index contributed by atoms with van der Waals surface area (Å²) in [6.07, 6.45) is 0.297. The molecular weight excluding hydrogens is 214 g/mol. The normalized spacial score (nSPS) is 17.5. The predicted octanol–water partition coefficient (Wildman–Crippen LogP) is -1.02. The van der Waals surface area contributed by atoms with Gasteiger partial charge in [-0.2, -0.15) is 5.26 Å². The topological polar surface area (TPSA) is 82.0 Å². The first-order valence-electron chi connectivity index (χ1n) is 4.91. The second kappa shape index (κ2) is 6.53. The summed E-state index contributed by atoms with van der Waals surface area (Å²) in [5.41, 5.74) is 0. The van der Waals surface area contributed by atoms with Crippen molar-refractivity contribution < 1.29 is 9.00 Å². The highest BCUT2D eigenvalue weighted by atomic mass is 32.2. The molecule has 0 aromatic carbocycles. The Morgan fingerprint density at radius 1 is 1.60 bits per heavy atom. The average Bonchev–Trinajstić information content (AvgIpc) is 2.12. The van der Waals surface area contributed by atoms with Gasteiger partial charge >= 0.3 is 0 Å². The second-order valence-electron chi connectivity index (χ2n) is 3.53. The molecule has 0 aromatic rings. The Labute approximate surface area is 91.7 Å². The highest BCUT2D eigenvalue weighted by Gasteiger charge is 2.20. The predicted molar refractivity (Wildman–Crippen MR) is 57.5 cm³/mol. The number of amides is 1. The molecule has 1 rings (SSSR count). The molecule has 6 heteroatoms. The highest BCUT2D eigenvalue weighted by molar-refractivity contribution is 7.85. The van der Waals surface area contributed by atoms with Crippen LogP contribution in [0.2, 0.25) is 0 Å². The maximum Gasteiger partial charge on any atom is 0.232 e. The van der Waals surface area contributed by atoms with E-state index in [-0.39, 0.29) is 11.7 Å². The molecule has 0 spiro atoms. The molecule has 1 aliphatic heterocycles. The van der Waals surface area contributed by atoms with Crippen molar-refractivity contribution in [1.29, 1.82) is 5.26 Å². The van der Waals surface area contributed by atoms with Crippen molar-refractivity contribution in [1.82, 2.24) is 10.6 Å². The SMILES string of the molecule is N#CCCNC(=O)CS(=O)CC1CNC1. The number of nitriles is 1. The van der Waals surface area contributed by atoms with Gasteiger partial charge in [0.25, 0.3) is 0 Å². The monoisotopic (exact) mass is 229 g/mol. The summed E-state index contributed by atoms with van der Waals surface area (Å²) in [4.78, 5) is 11.2. The molecule has 1 aliphatic rings. The van der Waals surface area contributed by atoms with Crippen molar-refractivity contribution in [2.75, 3.05) is 31.1 Å². The van der Waals surface area contributed by atoms with Gasteiger partial charge in [-0.3, -0.25) is 9.00 Å². The van der Waals surface area contributed by atoms with Crippen LogP contribution in [0.3, 0.4) is 0 Å². The van der Waals surface area contributed by atoms with Crippen LogP contribution in [0.4, 0.5) is 0 Å². The number of nitrogens with zero attached hydrogens (tertiary/aromatic N) is 1. The maximum atomic E-state index is 11.4. The Morgan fingerprint density at radius 3 is 2.87 bits per heavy atom. The molecule has 1 atom stereocenters. The van der Waals surface area contributed by atoms with Crippen LogP contribution in [0.15, 0.2) is 0 Å². The lowest BCUT2D eigenvalue weighted by atomic mass is 10.1. The number of nitrogens with one attached hydrogen (secondary N) is 2. The summed E-state index contributed by atoms with van der Waals surface area (Å²) in [5.74, 6) is 0.884. The van der Waals surface area contributed by atoms with Gasteiger partial charge in [0.2, 0.25) is 5.91 Å². The molecule has 0 bridgehead atoms. The molecule has 15 heavy (non-hydrogen) atoms. The van der Waals surface area contributed by atoms with Crippen molar-refractivity contribution >= 4 is 16.7 Å². The molecule has 5 nitrogen and oxygen atoms in total. The minimum atomic E-state index is -1.07. The van der Waals surface area contributed by atoms with E-state index < -0.39 is 10.8 Å². The van der Waals surface area contributed by atoms with Crippen molar-refractivity contribution in [3.05, 3.63) is 0 Å². The number of hydrogen-bond donors (Lipinski definition) is 2. The Morgan fingerprint density at radius 2 is 2.33 bits per heavy atom. The van der Waals surface area contributed by atoms with Gasteiger partial charge in [0.05, 0.1) is 12.5 Å². The summed E-state index contributed by atoms with van der Waals surface area (Å²) >= 11 is 0. The minimum Gasteiger partial charge on any atom is -0.354 e. The van der Waals surface area contributed by atoms with E-state index in [1.54, 1.807) is 0 Å². The van der Waals surface area contributed by atoms with Crippen LogP contribution in [-0.2, 0) is 15.6 Å². The summed E-state index contributed by atoms with van der Waals surface area (Å²) in [6, 6.07) is 1.93. The molecule has 1 heterocycles. The summed E-state index contributed by atoms with van der Waals surface area (Å²) in [5, 5.41) is 13.9. The van der Waals surface area contributed by atoms with Gasteiger partial charge in [-0.15, -0.1) is 0 Å². The van der Waals surface area contributed by atoms with Crippen molar-refractivity contribution in [3.63, 3.8) is 0 Å². The summed E-state index contributed by atoms with van der Waals surface area (Å²) in [6.45, 7) is 2.15. The zero-order chi connectivity index (χ0) is 11.1. The van der Waals surface area contributed by atoms with Crippen LogP contribution < -0.4 is 10.6 Å². The molecule has 84 valence electrons. The molecule has 1 fully saturated rings. The Bertz CT molecular complexity index is 284. The number of hydrogen-bond acceptors (Lipinski definition) is 4. The third-order valence-electron chi connectivity index (χ3n) is 2.14. The van der Waals surface area contributed by atoms with Crippen LogP contribution in [0.5, 0.6) is 0 Å². The van der Waals surface area contributed by atoms with E-state index >= 15 is 0 Å². The van der Waals surface area contributed by atoms with E-state index in [4.69, 9.17) is 5.26 Å². The van der Waals surface area contributed by atoms with Gasteiger partial charge in [0, 0.05) is 36.2 Å². The van der Waals surface area contributed by atoms with Gasteiger partial charge in [0.15, 0.2) is 0 Å². The lowest BCUT2D eigenvalue weighted by Gasteiger charge is -2.26. The van der Waals surface area contributed by atoms with Crippen LogP contribution >= 0.6 is 0 Å². The number of carbonyl (C=O) groups excluding carboxylic acids is 1. The standard InChI is InChI=1S/C9H15N3O2S/c10-2-1-3-12-9(13)7-15(14)6-8-4-11-5-8/h8,11H,1,3-7H2,(H,12,13).